The van der Waals surface area contributed by atoms with Crippen molar-refractivity contribution < 1.29 is 4.79 Å². The monoisotopic (exact) mass is 433 g/mol. The Balaban J connectivity index is 1.69. The number of hydrogen-bond acceptors (Lipinski definition) is 5. The summed E-state index contributed by atoms with van der Waals surface area (Å²) in [4.78, 5) is 25.4. The van der Waals surface area contributed by atoms with Gasteiger partial charge in [-0.2, -0.15) is 0 Å². The number of hydrogen-bond donors (Lipinski definition) is 0. The molecule has 0 fully saturated rings. The first kappa shape index (κ1) is 20.6. The van der Waals surface area contributed by atoms with Crippen molar-refractivity contribution in [3.63, 3.8) is 0 Å². The number of nitrogens with zero attached hydrogens (tertiary/aromatic N) is 3. The molecule has 0 spiro atoms. The maximum atomic E-state index is 13.4. The third-order valence-electron chi connectivity index (χ3n) is 5.04. The van der Waals surface area contributed by atoms with Gasteiger partial charge in [-0.3, -0.25) is 14.7 Å². The fourth-order valence-electron chi connectivity index (χ4n) is 3.31. The molecule has 4 rings (SSSR count). The van der Waals surface area contributed by atoms with Crippen LogP contribution in [-0.2, 0) is 17.8 Å². The van der Waals surface area contributed by atoms with Crippen LogP contribution in [-0.4, -0.2) is 22.1 Å². The van der Waals surface area contributed by atoms with Crippen LogP contribution in [0.25, 0.3) is 10.2 Å². The molecule has 0 N–H and O–H groups in total. The standard InChI is InChI=1S/C24H23N3OS2/c1-16-6-7-17(2)23-22(16)26-24(30-23)27(15-19-5-4-12-25-14-19)21(28)13-18-8-10-20(29-3)11-9-18/h4-12,14H,13,15H2,1-3H3. The van der Waals surface area contributed by atoms with E-state index in [9.17, 15) is 4.79 Å². The van der Waals surface area contributed by atoms with E-state index in [0.29, 0.717) is 13.0 Å². The summed E-state index contributed by atoms with van der Waals surface area (Å²) in [7, 11) is 0. The van der Waals surface area contributed by atoms with E-state index in [4.69, 9.17) is 4.98 Å². The summed E-state index contributed by atoms with van der Waals surface area (Å²) in [6, 6.07) is 16.3. The van der Waals surface area contributed by atoms with E-state index in [-0.39, 0.29) is 5.91 Å². The molecule has 0 unspecified atom stereocenters. The van der Waals surface area contributed by atoms with Gasteiger partial charge in [0.25, 0.3) is 0 Å². The lowest BCUT2D eigenvalue weighted by Gasteiger charge is -2.20. The van der Waals surface area contributed by atoms with E-state index in [0.717, 1.165) is 32.0 Å². The second-order valence-electron chi connectivity index (χ2n) is 7.24. The zero-order valence-electron chi connectivity index (χ0n) is 17.3. The zero-order valence-corrected chi connectivity index (χ0v) is 18.9. The Kier molecular flexibility index (Phi) is 6.16. The number of fused-ring (bicyclic) bond motifs is 1. The molecule has 0 aliphatic rings. The van der Waals surface area contributed by atoms with Crippen molar-refractivity contribution in [2.75, 3.05) is 11.2 Å². The first-order valence-corrected chi connectivity index (χ1v) is 11.8. The summed E-state index contributed by atoms with van der Waals surface area (Å²) >= 11 is 3.28. The van der Waals surface area contributed by atoms with Crippen LogP contribution < -0.4 is 4.90 Å². The highest BCUT2D eigenvalue weighted by Gasteiger charge is 2.21. The lowest BCUT2D eigenvalue weighted by molar-refractivity contribution is -0.118. The molecular formula is C24H23N3OS2. The maximum Gasteiger partial charge on any atom is 0.233 e. The summed E-state index contributed by atoms with van der Waals surface area (Å²) < 4.78 is 1.14. The van der Waals surface area contributed by atoms with Gasteiger partial charge >= 0.3 is 0 Å². The van der Waals surface area contributed by atoms with Crippen molar-refractivity contribution in [1.29, 1.82) is 0 Å². The second-order valence-corrected chi connectivity index (χ2v) is 9.10. The number of carbonyl (C=O) groups is 1. The minimum absolute atomic E-state index is 0.0325. The van der Waals surface area contributed by atoms with Crippen LogP contribution in [0.1, 0.15) is 22.3 Å². The minimum atomic E-state index is 0.0325. The van der Waals surface area contributed by atoms with E-state index < -0.39 is 0 Å². The van der Waals surface area contributed by atoms with Gasteiger partial charge in [-0.15, -0.1) is 11.8 Å². The predicted molar refractivity (Wildman–Crippen MR) is 126 cm³/mol. The van der Waals surface area contributed by atoms with Crippen LogP contribution >= 0.6 is 23.1 Å². The third-order valence-corrected chi connectivity index (χ3v) is 7.00. The fourth-order valence-corrected chi connectivity index (χ4v) is 4.85. The smallest absolute Gasteiger partial charge is 0.233 e. The molecular weight excluding hydrogens is 410 g/mol. The van der Waals surface area contributed by atoms with E-state index in [2.05, 4.69) is 43.1 Å². The lowest BCUT2D eigenvalue weighted by Crippen LogP contribution is -2.31. The lowest BCUT2D eigenvalue weighted by atomic mass is 10.1. The van der Waals surface area contributed by atoms with Gasteiger partial charge in [0, 0.05) is 17.3 Å². The molecule has 0 radical (unpaired) electrons. The number of pyridine rings is 1. The molecule has 2 heterocycles. The molecule has 30 heavy (non-hydrogen) atoms. The van der Waals surface area contributed by atoms with Gasteiger partial charge in [-0.05, 0) is 60.6 Å². The first-order chi connectivity index (χ1) is 14.5. The number of aryl methyl sites for hydroxylation is 2. The molecule has 0 atom stereocenters. The van der Waals surface area contributed by atoms with Crippen LogP contribution in [0.15, 0.2) is 65.8 Å². The van der Waals surface area contributed by atoms with E-state index >= 15 is 0 Å². The van der Waals surface area contributed by atoms with Gasteiger partial charge in [0.05, 0.1) is 23.2 Å². The summed E-state index contributed by atoms with van der Waals surface area (Å²) in [5.41, 5.74) is 5.27. The minimum Gasteiger partial charge on any atom is -0.283 e. The largest absolute Gasteiger partial charge is 0.283 e. The van der Waals surface area contributed by atoms with Gasteiger partial charge in [0.1, 0.15) is 0 Å². The van der Waals surface area contributed by atoms with Crippen molar-refractivity contribution >= 4 is 44.4 Å². The van der Waals surface area contributed by atoms with E-state index in [1.165, 1.54) is 10.5 Å². The molecule has 4 nitrogen and oxygen atoms in total. The van der Waals surface area contributed by atoms with Crippen molar-refractivity contribution in [3.8, 4) is 0 Å². The van der Waals surface area contributed by atoms with Gasteiger partial charge in [0.2, 0.25) is 5.91 Å². The molecule has 0 saturated heterocycles. The highest BCUT2D eigenvalue weighted by atomic mass is 32.2. The average molecular weight is 434 g/mol. The summed E-state index contributed by atoms with van der Waals surface area (Å²) in [6.45, 7) is 4.60. The maximum absolute atomic E-state index is 13.4. The molecule has 1 amide bonds. The van der Waals surface area contributed by atoms with Crippen LogP contribution in [0, 0.1) is 13.8 Å². The molecule has 2 aromatic carbocycles. The average Bonchev–Trinajstić information content (AvgIpc) is 3.22. The molecule has 0 bridgehead atoms. The van der Waals surface area contributed by atoms with Crippen LogP contribution in [0.5, 0.6) is 0 Å². The highest BCUT2D eigenvalue weighted by Crippen LogP contribution is 2.34. The van der Waals surface area contributed by atoms with Crippen molar-refractivity contribution in [2.24, 2.45) is 0 Å². The molecule has 0 aliphatic heterocycles. The molecule has 152 valence electrons. The number of thiazole rings is 1. The SMILES string of the molecule is CSc1ccc(CC(=O)N(Cc2cccnc2)c2nc3c(C)ccc(C)c3s2)cc1. The Hall–Kier alpha value is -2.70. The second kappa shape index (κ2) is 8.98. The van der Waals surface area contributed by atoms with Crippen LogP contribution in [0.4, 0.5) is 5.13 Å². The number of amides is 1. The van der Waals surface area contributed by atoms with E-state index in [1.807, 2.05) is 30.5 Å². The van der Waals surface area contributed by atoms with Crippen molar-refractivity contribution in [3.05, 3.63) is 83.2 Å². The first-order valence-electron chi connectivity index (χ1n) is 9.74. The fraction of sp³-hybridized carbons (Fsp3) is 0.208. The summed E-state index contributed by atoms with van der Waals surface area (Å²) in [6.07, 6.45) is 5.93. The van der Waals surface area contributed by atoms with Crippen molar-refractivity contribution in [2.45, 2.75) is 31.7 Å². The number of rotatable bonds is 6. The molecule has 2 aromatic heterocycles. The number of benzene rings is 2. The van der Waals surface area contributed by atoms with E-state index in [1.54, 1.807) is 40.4 Å². The van der Waals surface area contributed by atoms with Crippen LogP contribution in [0.2, 0.25) is 0 Å². The Morgan fingerprint density at radius 1 is 1.03 bits per heavy atom. The predicted octanol–water partition coefficient (Wildman–Crippen LogP) is 5.81. The molecule has 0 aliphatic carbocycles. The van der Waals surface area contributed by atoms with Gasteiger partial charge < -0.3 is 0 Å². The topological polar surface area (TPSA) is 46.1 Å². The molecule has 0 saturated carbocycles. The van der Waals surface area contributed by atoms with Gasteiger partial charge in [0.15, 0.2) is 5.13 Å². The Morgan fingerprint density at radius 3 is 2.47 bits per heavy atom. The number of carbonyl (C=O) groups excluding carboxylic acids is 1. The van der Waals surface area contributed by atoms with Crippen molar-refractivity contribution in [1.82, 2.24) is 9.97 Å². The zero-order chi connectivity index (χ0) is 21.1. The number of thioether (sulfide) groups is 1. The molecule has 6 heteroatoms. The highest BCUT2D eigenvalue weighted by molar-refractivity contribution is 7.98. The van der Waals surface area contributed by atoms with Gasteiger partial charge in [-0.25, -0.2) is 4.98 Å². The summed E-state index contributed by atoms with van der Waals surface area (Å²) in [5.74, 6) is 0.0325. The quantitative estimate of drug-likeness (QED) is 0.360. The van der Waals surface area contributed by atoms with Crippen LogP contribution in [0.3, 0.4) is 0 Å². The summed E-state index contributed by atoms with van der Waals surface area (Å²) in [5, 5.41) is 0.733. The Bertz CT molecular complexity index is 1130. The van der Waals surface area contributed by atoms with Gasteiger partial charge in [-0.1, -0.05) is 41.7 Å². The Morgan fingerprint density at radius 2 is 1.80 bits per heavy atom. The number of aromatic nitrogens is 2. The molecule has 4 aromatic rings. The normalized spacial score (nSPS) is 11.0. The number of anilines is 1. The Labute approximate surface area is 185 Å². The third kappa shape index (κ3) is 4.40.